The van der Waals surface area contributed by atoms with Crippen LogP contribution in [0.5, 0.6) is 0 Å². The molecule has 0 fully saturated rings. The molecule has 5 rings (SSSR count). The van der Waals surface area contributed by atoms with Crippen molar-refractivity contribution in [3.05, 3.63) is 76.9 Å². The number of aryl methyl sites for hydroxylation is 1. The number of nitrogens with one attached hydrogen (secondary N) is 1. The van der Waals surface area contributed by atoms with Gasteiger partial charge in [0.2, 0.25) is 0 Å². The van der Waals surface area contributed by atoms with Crippen molar-refractivity contribution in [2.45, 2.75) is 20.3 Å². The van der Waals surface area contributed by atoms with Gasteiger partial charge >= 0.3 is 0 Å². The fraction of sp³-hybridized carbons (Fsp3) is 0.130. The Labute approximate surface area is 146 Å². The van der Waals surface area contributed by atoms with Gasteiger partial charge < -0.3 is 9.55 Å². The van der Waals surface area contributed by atoms with Gasteiger partial charge in [0.1, 0.15) is 0 Å². The average molecular weight is 324 g/mol. The maximum atomic E-state index is 3.65. The third-order valence-corrected chi connectivity index (χ3v) is 5.33. The van der Waals surface area contributed by atoms with Gasteiger partial charge in [-0.05, 0) is 56.2 Å². The summed E-state index contributed by atoms with van der Waals surface area (Å²) in [6.45, 7) is 4.49. The van der Waals surface area contributed by atoms with Crippen LogP contribution in [0, 0.1) is 6.92 Å². The van der Waals surface area contributed by atoms with Crippen molar-refractivity contribution in [2.75, 3.05) is 0 Å². The first-order valence-corrected chi connectivity index (χ1v) is 8.78. The smallest absolute Gasteiger partial charge is 0.0552 e. The quantitative estimate of drug-likeness (QED) is 0.538. The molecule has 2 aromatic heterocycles. The second-order valence-electron chi connectivity index (χ2n) is 6.87. The molecule has 0 aliphatic heterocycles. The highest BCUT2D eigenvalue weighted by molar-refractivity contribution is 6.01. The molecule has 0 spiro atoms. The van der Waals surface area contributed by atoms with Gasteiger partial charge in [0, 0.05) is 38.7 Å². The predicted octanol–water partition coefficient (Wildman–Crippen LogP) is 4.33. The number of hydrogen-bond acceptors (Lipinski definition) is 0. The van der Waals surface area contributed by atoms with Crippen LogP contribution in [0.4, 0.5) is 0 Å². The number of nitrogens with zero attached hydrogens (tertiary/aromatic N) is 1. The molecule has 2 aromatic carbocycles. The Morgan fingerprint density at radius 1 is 1.04 bits per heavy atom. The van der Waals surface area contributed by atoms with Crippen LogP contribution in [0.25, 0.3) is 39.1 Å². The Bertz CT molecular complexity index is 1260. The second-order valence-corrected chi connectivity index (χ2v) is 6.87. The van der Waals surface area contributed by atoms with E-state index in [4.69, 9.17) is 0 Å². The topological polar surface area (TPSA) is 20.7 Å². The van der Waals surface area contributed by atoms with Crippen LogP contribution in [0.1, 0.15) is 18.9 Å². The van der Waals surface area contributed by atoms with Crippen LogP contribution >= 0.6 is 0 Å². The van der Waals surface area contributed by atoms with Crippen LogP contribution in [0.15, 0.2) is 60.8 Å². The van der Waals surface area contributed by atoms with E-state index in [1.165, 1.54) is 49.2 Å². The molecule has 0 bridgehead atoms. The van der Waals surface area contributed by atoms with Crippen molar-refractivity contribution in [1.82, 2.24) is 9.55 Å². The SMILES string of the molecule is CC1=c2c([nH]c3cc4c(ccn4-c4ccccc4)c(C)c23)=CC=CC1. The van der Waals surface area contributed by atoms with E-state index in [1.54, 1.807) is 0 Å². The van der Waals surface area contributed by atoms with Gasteiger partial charge in [-0.15, -0.1) is 0 Å². The molecule has 2 heterocycles. The number of allylic oxidation sites excluding steroid dienone is 2. The Morgan fingerprint density at radius 2 is 1.88 bits per heavy atom. The standard InChI is InChI=1S/C23H20N2/c1-15-8-6-7-11-19-22(15)23-16(2)18-12-13-25(17-9-4-3-5-10-17)21(18)14-20(23)24-19/h3-7,9-14,24H,8H2,1-2H3. The summed E-state index contributed by atoms with van der Waals surface area (Å²) in [4.78, 5) is 3.65. The van der Waals surface area contributed by atoms with Crippen LogP contribution in [-0.2, 0) is 0 Å². The van der Waals surface area contributed by atoms with E-state index in [9.17, 15) is 0 Å². The van der Waals surface area contributed by atoms with Crippen LogP contribution in [-0.4, -0.2) is 9.55 Å². The van der Waals surface area contributed by atoms with Gasteiger partial charge in [0.05, 0.1) is 5.52 Å². The number of fused-ring (bicyclic) bond motifs is 4. The van der Waals surface area contributed by atoms with Gasteiger partial charge in [-0.1, -0.05) is 35.9 Å². The molecule has 0 saturated carbocycles. The summed E-state index contributed by atoms with van der Waals surface area (Å²) < 4.78 is 2.27. The Morgan fingerprint density at radius 3 is 2.72 bits per heavy atom. The van der Waals surface area contributed by atoms with Gasteiger partial charge in [-0.2, -0.15) is 0 Å². The van der Waals surface area contributed by atoms with Crippen LogP contribution in [0.3, 0.4) is 0 Å². The lowest BCUT2D eigenvalue weighted by molar-refractivity contribution is 1.13. The summed E-state index contributed by atoms with van der Waals surface area (Å²) in [5.41, 5.74) is 6.45. The maximum Gasteiger partial charge on any atom is 0.0552 e. The fourth-order valence-electron chi connectivity index (χ4n) is 4.11. The Balaban J connectivity index is 1.94. The van der Waals surface area contributed by atoms with E-state index in [0.29, 0.717) is 0 Å². The third-order valence-electron chi connectivity index (χ3n) is 5.33. The molecule has 4 aromatic rings. The Kier molecular flexibility index (Phi) is 3.01. The highest BCUT2D eigenvalue weighted by atomic mass is 15.0. The lowest BCUT2D eigenvalue weighted by Gasteiger charge is -2.07. The average Bonchev–Trinajstić information content (AvgIpc) is 3.16. The largest absolute Gasteiger partial charge is 0.354 e. The van der Waals surface area contributed by atoms with E-state index in [1.807, 2.05) is 0 Å². The summed E-state index contributed by atoms with van der Waals surface area (Å²) in [5, 5.41) is 5.30. The van der Waals surface area contributed by atoms with Crippen molar-refractivity contribution in [1.29, 1.82) is 0 Å². The molecule has 25 heavy (non-hydrogen) atoms. The van der Waals surface area contributed by atoms with Gasteiger partial charge in [0.15, 0.2) is 0 Å². The molecule has 0 atom stereocenters. The number of rotatable bonds is 1. The lowest BCUT2D eigenvalue weighted by atomic mass is 10.0. The molecular weight excluding hydrogens is 304 g/mol. The van der Waals surface area contributed by atoms with Crippen LogP contribution in [0.2, 0.25) is 0 Å². The highest BCUT2D eigenvalue weighted by Crippen LogP contribution is 2.28. The first-order valence-electron chi connectivity index (χ1n) is 8.78. The predicted molar refractivity (Wildman–Crippen MR) is 106 cm³/mol. The summed E-state index contributed by atoms with van der Waals surface area (Å²) in [7, 11) is 0. The first-order chi connectivity index (χ1) is 12.2. The van der Waals surface area contributed by atoms with E-state index in [0.717, 1.165) is 6.42 Å². The minimum atomic E-state index is 1.01. The molecule has 2 heteroatoms. The first kappa shape index (κ1) is 14.4. The molecule has 2 nitrogen and oxygen atoms in total. The van der Waals surface area contributed by atoms with Crippen LogP contribution < -0.4 is 10.6 Å². The van der Waals surface area contributed by atoms with E-state index in [2.05, 4.69) is 90.3 Å². The van der Waals surface area contributed by atoms with E-state index < -0.39 is 0 Å². The van der Waals surface area contributed by atoms with Gasteiger partial charge in [-0.3, -0.25) is 0 Å². The van der Waals surface area contributed by atoms with Crippen molar-refractivity contribution < 1.29 is 0 Å². The molecule has 0 unspecified atom stereocenters. The van der Waals surface area contributed by atoms with Crippen molar-refractivity contribution in [3.8, 4) is 5.69 Å². The molecule has 1 aliphatic carbocycles. The molecule has 0 radical (unpaired) electrons. The molecular formula is C23H20N2. The summed E-state index contributed by atoms with van der Waals surface area (Å²) in [6, 6.07) is 15.1. The zero-order chi connectivity index (χ0) is 17.0. The van der Waals surface area contributed by atoms with E-state index >= 15 is 0 Å². The molecule has 0 amide bonds. The minimum Gasteiger partial charge on any atom is -0.354 e. The monoisotopic (exact) mass is 324 g/mol. The summed E-state index contributed by atoms with van der Waals surface area (Å²) in [6.07, 6.45) is 9.77. The Hall–Kier alpha value is -3.00. The normalized spacial score (nSPS) is 13.9. The number of aromatic amines is 1. The number of benzene rings is 2. The second kappa shape index (κ2) is 5.25. The van der Waals surface area contributed by atoms with Gasteiger partial charge in [0.25, 0.3) is 0 Å². The van der Waals surface area contributed by atoms with Crippen molar-refractivity contribution in [3.63, 3.8) is 0 Å². The van der Waals surface area contributed by atoms with Gasteiger partial charge in [-0.25, -0.2) is 0 Å². The molecule has 122 valence electrons. The molecule has 0 saturated heterocycles. The number of H-pyrrole nitrogens is 1. The highest BCUT2D eigenvalue weighted by Gasteiger charge is 2.13. The number of aromatic nitrogens is 2. The van der Waals surface area contributed by atoms with E-state index in [-0.39, 0.29) is 0 Å². The zero-order valence-corrected chi connectivity index (χ0v) is 14.5. The number of para-hydroxylation sites is 1. The number of hydrogen-bond donors (Lipinski definition) is 1. The fourth-order valence-corrected chi connectivity index (χ4v) is 4.11. The molecule has 1 N–H and O–H groups in total. The van der Waals surface area contributed by atoms with Crippen molar-refractivity contribution in [2.24, 2.45) is 0 Å². The zero-order valence-electron chi connectivity index (χ0n) is 14.5. The third kappa shape index (κ3) is 2.04. The lowest BCUT2D eigenvalue weighted by Crippen LogP contribution is -2.24. The molecule has 1 aliphatic rings. The maximum absolute atomic E-state index is 3.65. The van der Waals surface area contributed by atoms with Crippen molar-refractivity contribution >= 4 is 33.5 Å². The summed E-state index contributed by atoms with van der Waals surface area (Å²) in [5.74, 6) is 0. The minimum absolute atomic E-state index is 1.01. The summed E-state index contributed by atoms with van der Waals surface area (Å²) >= 11 is 0.